The summed E-state index contributed by atoms with van der Waals surface area (Å²) in [7, 11) is 0. The number of carbonyl (C=O) groups excluding carboxylic acids is 2. The number of alkyl halides is 3. The first-order chi connectivity index (χ1) is 22.6. The van der Waals surface area contributed by atoms with Gasteiger partial charge in [-0.2, -0.15) is 24.9 Å². The molecule has 12 heteroatoms. The van der Waals surface area contributed by atoms with Gasteiger partial charge in [-0.15, -0.1) is 0 Å². The van der Waals surface area contributed by atoms with E-state index in [-0.39, 0.29) is 50.8 Å². The van der Waals surface area contributed by atoms with Gasteiger partial charge in [-0.1, -0.05) is 73.7 Å². The number of aliphatic hydroxyl groups is 2. The van der Waals surface area contributed by atoms with Crippen LogP contribution in [0.25, 0.3) is 11.1 Å². The number of likely N-dealkylation sites (tertiary alicyclic amines) is 1. The predicted molar refractivity (Wildman–Crippen MR) is 172 cm³/mol. The van der Waals surface area contributed by atoms with E-state index in [0.29, 0.717) is 22.8 Å². The van der Waals surface area contributed by atoms with Crippen molar-refractivity contribution in [2.45, 2.75) is 63.6 Å². The Morgan fingerprint density at radius 3 is 2.36 bits per heavy atom. The number of thioether (sulfide) groups is 1. The average molecular weight is 673 g/mol. The molecule has 0 radical (unpaired) electrons. The summed E-state index contributed by atoms with van der Waals surface area (Å²) in [5.74, 6) is -1.23. The zero-order chi connectivity index (χ0) is 33.6. The highest BCUT2D eigenvalue weighted by Gasteiger charge is 2.47. The summed E-state index contributed by atoms with van der Waals surface area (Å²) < 4.78 is 51.9. The smallest absolute Gasteiger partial charge is 0.396 e. The molecule has 47 heavy (non-hydrogen) atoms. The minimum absolute atomic E-state index is 0.0376. The summed E-state index contributed by atoms with van der Waals surface area (Å²) in [5, 5.41) is 21.5. The van der Waals surface area contributed by atoms with Crippen molar-refractivity contribution >= 4 is 23.6 Å². The number of nitrogens with zero attached hydrogens (tertiary/aromatic N) is 1. The molecule has 0 aliphatic carbocycles. The number of amides is 2. The maximum atomic E-state index is 13.0. The van der Waals surface area contributed by atoms with Gasteiger partial charge < -0.3 is 29.9 Å². The summed E-state index contributed by atoms with van der Waals surface area (Å²) in [6.07, 6.45) is -5.48. The van der Waals surface area contributed by atoms with E-state index in [1.807, 2.05) is 72.8 Å². The van der Waals surface area contributed by atoms with Gasteiger partial charge in [0.05, 0.1) is 25.4 Å². The van der Waals surface area contributed by atoms with E-state index in [1.165, 1.54) is 0 Å². The van der Waals surface area contributed by atoms with Crippen molar-refractivity contribution in [3.8, 4) is 11.1 Å². The summed E-state index contributed by atoms with van der Waals surface area (Å²) in [6.45, 7) is 2.15. The van der Waals surface area contributed by atoms with Crippen molar-refractivity contribution in [1.82, 2.24) is 10.2 Å². The number of nitrogens with one attached hydrogen (secondary N) is 1. The van der Waals surface area contributed by atoms with E-state index in [0.717, 1.165) is 33.4 Å². The van der Waals surface area contributed by atoms with Gasteiger partial charge >= 0.3 is 12.1 Å². The van der Waals surface area contributed by atoms with Crippen molar-refractivity contribution < 1.29 is 42.4 Å². The fraction of sp³-hybridized carbons (Fsp3) is 0.429. The second-order valence-corrected chi connectivity index (χ2v) is 13.0. The molecular formula is C35H39F3N2O6S. The van der Waals surface area contributed by atoms with Crippen LogP contribution >= 0.6 is 11.8 Å². The minimum atomic E-state index is -5.02. The van der Waals surface area contributed by atoms with Gasteiger partial charge in [0.1, 0.15) is 6.04 Å². The van der Waals surface area contributed by atoms with Crippen molar-refractivity contribution in [3.05, 3.63) is 95.1 Å². The maximum Gasteiger partial charge on any atom is 0.471 e. The van der Waals surface area contributed by atoms with Crippen LogP contribution in [0.4, 0.5) is 13.2 Å². The van der Waals surface area contributed by atoms with Crippen LogP contribution in [0.2, 0.25) is 0 Å². The van der Waals surface area contributed by atoms with Crippen LogP contribution in [0, 0.1) is 5.92 Å². The Kier molecular flexibility index (Phi) is 11.6. The fourth-order valence-electron chi connectivity index (χ4n) is 6.02. The third-order valence-corrected chi connectivity index (χ3v) is 9.65. The van der Waals surface area contributed by atoms with Crippen LogP contribution in [0.5, 0.6) is 0 Å². The molecule has 3 aromatic rings. The van der Waals surface area contributed by atoms with E-state index in [2.05, 4.69) is 12.2 Å². The summed E-state index contributed by atoms with van der Waals surface area (Å²) in [5.41, 5.74) is 5.21. The molecule has 8 nitrogen and oxygen atoms in total. The van der Waals surface area contributed by atoms with Crippen molar-refractivity contribution in [3.63, 3.8) is 0 Å². The maximum absolute atomic E-state index is 13.0. The summed E-state index contributed by atoms with van der Waals surface area (Å²) in [4.78, 5) is 25.1. The Bertz CT molecular complexity index is 1500. The van der Waals surface area contributed by atoms with Gasteiger partial charge in [0.25, 0.3) is 0 Å². The van der Waals surface area contributed by atoms with E-state index in [9.17, 15) is 33.0 Å². The summed E-state index contributed by atoms with van der Waals surface area (Å²) in [6, 6.07) is 21.9. The highest BCUT2D eigenvalue weighted by Crippen LogP contribution is 2.42. The van der Waals surface area contributed by atoms with Crippen LogP contribution in [0.3, 0.4) is 0 Å². The lowest BCUT2D eigenvalue weighted by Crippen LogP contribution is -2.50. The monoisotopic (exact) mass is 672 g/mol. The van der Waals surface area contributed by atoms with Crippen molar-refractivity contribution in [2.75, 3.05) is 24.7 Å². The molecule has 0 unspecified atom stereocenters. The van der Waals surface area contributed by atoms with E-state index in [1.54, 1.807) is 11.8 Å². The van der Waals surface area contributed by atoms with Gasteiger partial charge in [0.2, 0.25) is 5.91 Å². The molecule has 2 aliphatic heterocycles. The van der Waals surface area contributed by atoms with Gasteiger partial charge in [-0.3, -0.25) is 9.59 Å². The Hall–Kier alpha value is -3.42. The van der Waals surface area contributed by atoms with Crippen LogP contribution in [0.15, 0.2) is 72.8 Å². The number of hydrogen-bond donors (Lipinski definition) is 3. The molecule has 5 atom stereocenters. The highest BCUT2D eigenvalue weighted by molar-refractivity contribution is 7.99. The third kappa shape index (κ3) is 8.55. The molecule has 3 aromatic carbocycles. The number of rotatable bonds is 11. The molecule has 2 amide bonds. The molecule has 3 N–H and O–H groups in total. The number of ether oxygens (including phenoxy) is 2. The first kappa shape index (κ1) is 34.9. The quantitative estimate of drug-likeness (QED) is 0.230. The minimum Gasteiger partial charge on any atom is -0.396 e. The molecule has 5 rings (SSSR count). The van der Waals surface area contributed by atoms with Gasteiger partial charge in [0, 0.05) is 36.1 Å². The molecule has 252 valence electrons. The number of halogens is 3. The third-order valence-electron chi connectivity index (χ3n) is 8.61. The van der Waals surface area contributed by atoms with E-state index in [4.69, 9.17) is 9.47 Å². The average Bonchev–Trinajstić information content (AvgIpc) is 3.58. The molecule has 2 aliphatic rings. The normalized spacial score (nSPS) is 23.1. The molecule has 0 saturated carbocycles. The van der Waals surface area contributed by atoms with Gasteiger partial charge in [-0.25, -0.2) is 0 Å². The Morgan fingerprint density at radius 2 is 1.68 bits per heavy atom. The van der Waals surface area contributed by atoms with Crippen LogP contribution in [0.1, 0.15) is 54.4 Å². The number of carbonyl (C=O) groups is 2. The molecule has 2 heterocycles. The fourth-order valence-corrected chi connectivity index (χ4v) is 6.93. The number of benzene rings is 3. The largest absolute Gasteiger partial charge is 0.471 e. The topological polar surface area (TPSA) is 108 Å². The highest BCUT2D eigenvalue weighted by atomic mass is 32.2. The number of hydrogen-bond acceptors (Lipinski definition) is 7. The molecule has 2 fully saturated rings. The molecule has 0 aromatic heterocycles. The SMILES string of the molecule is C[C@@H]1[C@H](CSCCO)O[C@H](c2ccc(-c3cccc(CNC(=O)[C@@H]4CCCN4C(=O)C(F)(F)F)c3)cc2)O[C@@H]1c1ccc(CO)cc1. The first-order valence-corrected chi connectivity index (χ1v) is 16.8. The Balaban J connectivity index is 1.26. The van der Waals surface area contributed by atoms with E-state index >= 15 is 0 Å². The lowest BCUT2D eigenvalue weighted by Gasteiger charge is -2.41. The van der Waals surface area contributed by atoms with E-state index < -0.39 is 30.3 Å². The zero-order valence-electron chi connectivity index (χ0n) is 26.0. The molecule has 0 bridgehead atoms. The van der Waals surface area contributed by atoms with Crippen LogP contribution in [-0.2, 0) is 32.2 Å². The first-order valence-electron chi connectivity index (χ1n) is 15.6. The predicted octanol–water partition coefficient (Wildman–Crippen LogP) is 5.53. The van der Waals surface area contributed by atoms with Crippen molar-refractivity contribution in [2.24, 2.45) is 5.92 Å². The molecule has 0 spiro atoms. The Morgan fingerprint density at radius 1 is 0.957 bits per heavy atom. The number of aliphatic hydroxyl groups excluding tert-OH is 2. The van der Waals surface area contributed by atoms with Gasteiger partial charge in [-0.05, 0) is 46.7 Å². The van der Waals surface area contributed by atoms with Crippen molar-refractivity contribution in [1.29, 1.82) is 0 Å². The molecule has 2 saturated heterocycles. The lowest BCUT2D eigenvalue weighted by molar-refractivity contribution is -0.268. The van der Waals surface area contributed by atoms with Crippen LogP contribution < -0.4 is 5.32 Å². The van der Waals surface area contributed by atoms with Crippen LogP contribution in [-0.4, -0.2) is 69.9 Å². The second kappa shape index (κ2) is 15.7. The van der Waals surface area contributed by atoms with Gasteiger partial charge in [0.15, 0.2) is 6.29 Å². The summed E-state index contributed by atoms with van der Waals surface area (Å²) >= 11 is 1.63. The standard InChI is InChI=1S/C35H39F3N2O6S/c1-22-30(21-47-17-16-41)45-33(46-31(22)26-9-7-23(20-42)8-10-26)27-13-11-25(12-14-27)28-5-2-4-24(18-28)19-39-32(43)29-6-3-15-40(29)34(44)35(36,37)38/h2,4-5,7-14,18,22,29-31,33,41-42H,3,6,15-17,19-21H2,1H3,(H,39,43)/t22-,29+,30+,31+,33+/m1/s1. The second-order valence-electron chi connectivity index (χ2n) is 11.8. The zero-order valence-corrected chi connectivity index (χ0v) is 26.8. The lowest BCUT2D eigenvalue weighted by atomic mass is 9.91. The molecular weight excluding hydrogens is 633 g/mol. The Labute approximate surface area is 276 Å².